The molecule has 26 heavy (non-hydrogen) atoms. The van der Waals surface area contributed by atoms with E-state index in [1.807, 2.05) is 66.2 Å². The van der Waals surface area contributed by atoms with Crippen LogP contribution < -0.4 is 10.6 Å². The number of nitrogens with zero attached hydrogens (tertiary/aromatic N) is 2. The van der Waals surface area contributed by atoms with Gasteiger partial charge in [-0.05, 0) is 17.7 Å². The fourth-order valence-electron chi connectivity index (χ4n) is 2.78. The normalized spacial score (nSPS) is 10.7. The number of hydrogen-bond donors (Lipinski definition) is 2. The molecule has 0 fully saturated rings. The molecule has 0 aliphatic carbocycles. The van der Waals surface area contributed by atoms with Gasteiger partial charge in [0.05, 0.1) is 24.0 Å². The number of imidazole rings is 1. The third-order valence-electron chi connectivity index (χ3n) is 4.21. The van der Waals surface area contributed by atoms with Crippen molar-refractivity contribution in [3.63, 3.8) is 0 Å². The van der Waals surface area contributed by atoms with Gasteiger partial charge in [-0.2, -0.15) is 0 Å². The molecule has 1 heterocycles. The van der Waals surface area contributed by atoms with Crippen LogP contribution in [-0.4, -0.2) is 27.9 Å². The minimum atomic E-state index is -0.114. The van der Waals surface area contributed by atoms with Crippen molar-refractivity contribution in [2.45, 2.75) is 19.4 Å². The highest BCUT2D eigenvalue weighted by Gasteiger charge is 2.09. The molecule has 0 unspecified atom stereocenters. The van der Waals surface area contributed by atoms with Crippen molar-refractivity contribution in [2.75, 3.05) is 6.54 Å². The molecule has 0 radical (unpaired) electrons. The lowest BCUT2D eigenvalue weighted by Gasteiger charge is -2.07. The maximum Gasteiger partial charge on any atom is 0.224 e. The van der Waals surface area contributed by atoms with Gasteiger partial charge in [-0.25, -0.2) is 4.98 Å². The standard InChI is InChI=1S/C20H22N4O2/c1-24-17-10-6-5-9-16(17)23-18(24)14-22-19(25)11-12-21-20(26)13-15-7-3-2-4-8-15/h2-10H,11-14H2,1H3,(H,21,26)(H,22,25). The third-order valence-corrected chi connectivity index (χ3v) is 4.21. The Balaban J connectivity index is 1.41. The number of aryl methyl sites for hydroxylation is 1. The number of carbonyl (C=O) groups excluding carboxylic acids is 2. The van der Waals surface area contributed by atoms with Crippen LogP contribution in [0.2, 0.25) is 0 Å². The van der Waals surface area contributed by atoms with Crippen molar-refractivity contribution in [3.8, 4) is 0 Å². The number of amides is 2. The molecule has 2 N–H and O–H groups in total. The highest BCUT2D eigenvalue weighted by Crippen LogP contribution is 2.13. The van der Waals surface area contributed by atoms with Crippen LogP contribution in [-0.2, 0) is 29.6 Å². The van der Waals surface area contributed by atoms with Crippen molar-refractivity contribution in [3.05, 3.63) is 66.0 Å². The van der Waals surface area contributed by atoms with Crippen LogP contribution in [0.1, 0.15) is 17.8 Å². The monoisotopic (exact) mass is 350 g/mol. The van der Waals surface area contributed by atoms with E-state index < -0.39 is 0 Å². The van der Waals surface area contributed by atoms with Gasteiger partial charge in [0, 0.05) is 20.0 Å². The Labute approximate surface area is 152 Å². The molecule has 6 heteroatoms. The second kappa shape index (κ2) is 8.29. The Hall–Kier alpha value is -3.15. The van der Waals surface area contributed by atoms with Gasteiger partial charge in [0.1, 0.15) is 5.82 Å². The van der Waals surface area contributed by atoms with E-state index in [0.29, 0.717) is 19.5 Å². The van der Waals surface area contributed by atoms with Crippen LogP contribution >= 0.6 is 0 Å². The molecule has 0 spiro atoms. The van der Waals surface area contributed by atoms with E-state index in [0.717, 1.165) is 22.4 Å². The van der Waals surface area contributed by atoms with Crippen molar-refractivity contribution < 1.29 is 9.59 Å². The van der Waals surface area contributed by atoms with Crippen molar-refractivity contribution in [1.29, 1.82) is 0 Å². The van der Waals surface area contributed by atoms with Gasteiger partial charge in [-0.3, -0.25) is 9.59 Å². The van der Waals surface area contributed by atoms with E-state index in [1.165, 1.54) is 0 Å². The summed E-state index contributed by atoms with van der Waals surface area (Å²) in [6, 6.07) is 17.4. The minimum absolute atomic E-state index is 0.0839. The van der Waals surface area contributed by atoms with E-state index in [-0.39, 0.29) is 18.2 Å². The summed E-state index contributed by atoms with van der Waals surface area (Å²) in [5.41, 5.74) is 2.90. The van der Waals surface area contributed by atoms with Crippen molar-refractivity contribution in [1.82, 2.24) is 20.2 Å². The summed E-state index contributed by atoms with van der Waals surface area (Å²) >= 11 is 0. The summed E-state index contributed by atoms with van der Waals surface area (Å²) < 4.78 is 1.97. The molecule has 0 atom stereocenters. The lowest BCUT2D eigenvalue weighted by molar-refractivity contribution is -0.122. The summed E-state index contributed by atoms with van der Waals surface area (Å²) in [6.07, 6.45) is 0.562. The molecule has 2 aromatic carbocycles. The van der Waals surface area contributed by atoms with Gasteiger partial charge in [0.2, 0.25) is 11.8 Å². The molecule has 0 bridgehead atoms. The van der Waals surface area contributed by atoms with Crippen LogP contribution in [0.25, 0.3) is 11.0 Å². The topological polar surface area (TPSA) is 76.0 Å². The zero-order valence-corrected chi connectivity index (χ0v) is 14.7. The van der Waals surface area contributed by atoms with E-state index in [2.05, 4.69) is 15.6 Å². The van der Waals surface area contributed by atoms with Gasteiger partial charge in [-0.1, -0.05) is 42.5 Å². The average Bonchev–Trinajstić information content (AvgIpc) is 2.97. The molecule has 0 saturated carbocycles. The Kier molecular flexibility index (Phi) is 5.63. The molecular formula is C20H22N4O2. The summed E-state index contributed by atoms with van der Waals surface area (Å²) in [5.74, 6) is 0.601. The summed E-state index contributed by atoms with van der Waals surface area (Å²) in [4.78, 5) is 28.4. The zero-order valence-electron chi connectivity index (χ0n) is 14.7. The number of benzene rings is 2. The first kappa shape index (κ1) is 17.7. The minimum Gasteiger partial charge on any atom is -0.355 e. The van der Waals surface area contributed by atoms with Gasteiger partial charge in [0.25, 0.3) is 0 Å². The van der Waals surface area contributed by atoms with Gasteiger partial charge < -0.3 is 15.2 Å². The maximum atomic E-state index is 12.0. The smallest absolute Gasteiger partial charge is 0.224 e. The van der Waals surface area contributed by atoms with Crippen molar-refractivity contribution >= 4 is 22.8 Å². The molecule has 2 amide bonds. The lowest BCUT2D eigenvalue weighted by atomic mass is 10.1. The SMILES string of the molecule is Cn1c(CNC(=O)CCNC(=O)Cc2ccccc2)nc2ccccc21. The molecular weight excluding hydrogens is 328 g/mol. The molecule has 0 aliphatic rings. The Morgan fingerprint density at radius 3 is 2.46 bits per heavy atom. The first-order valence-corrected chi connectivity index (χ1v) is 8.61. The maximum absolute atomic E-state index is 12.0. The average molecular weight is 350 g/mol. The van der Waals surface area contributed by atoms with Gasteiger partial charge in [-0.15, -0.1) is 0 Å². The van der Waals surface area contributed by atoms with E-state index >= 15 is 0 Å². The number of aromatic nitrogens is 2. The summed E-state index contributed by atoms with van der Waals surface area (Å²) in [7, 11) is 1.93. The molecule has 0 saturated heterocycles. The molecule has 134 valence electrons. The van der Waals surface area contributed by atoms with Crippen LogP contribution in [0, 0.1) is 0 Å². The van der Waals surface area contributed by atoms with E-state index in [4.69, 9.17) is 0 Å². The molecule has 3 aromatic rings. The predicted molar refractivity (Wildman–Crippen MR) is 100 cm³/mol. The second-order valence-corrected chi connectivity index (χ2v) is 6.11. The summed E-state index contributed by atoms with van der Waals surface area (Å²) in [5, 5.41) is 5.62. The van der Waals surface area contributed by atoms with Crippen LogP contribution in [0.15, 0.2) is 54.6 Å². The Morgan fingerprint density at radius 2 is 1.69 bits per heavy atom. The predicted octanol–water partition coefficient (Wildman–Crippen LogP) is 1.94. The van der Waals surface area contributed by atoms with Crippen molar-refractivity contribution in [2.24, 2.45) is 7.05 Å². The van der Waals surface area contributed by atoms with Gasteiger partial charge in [0.15, 0.2) is 0 Å². The van der Waals surface area contributed by atoms with Crippen LogP contribution in [0.5, 0.6) is 0 Å². The summed E-state index contributed by atoms with van der Waals surface area (Å²) in [6.45, 7) is 0.683. The quantitative estimate of drug-likeness (QED) is 0.684. The van der Waals surface area contributed by atoms with Crippen LogP contribution in [0.3, 0.4) is 0 Å². The first-order chi connectivity index (χ1) is 12.6. The fourth-order valence-corrected chi connectivity index (χ4v) is 2.78. The number of fused-ring (bicyclic) bond motifs is 1. The highest BCUT2D eigenvalue weighted by atomic mass is 16.2. The highest BCUT2D eigenvalue weighted by molar-refractivity contribution is 5.80. The zero-order chi connectivity index (χ0) is 18.4. The van der Waals surface area contributed by atoms with E-state index in [1.54, 1.807) is 0 Å². The molecule has 1 aromatic heterocycles. The first-order valence-electron chi connectivity index (χ1n) is 8.61. The molecule has 3 rings (SSSR count). The third kappa shape index (κ3) is 4.47. The number of carbonyl (C=O) groups is 2. The number of para-hydroxylation sites is 2. The molecule has 6 nitrogen and oxygen atoms in total. The second-order valence-electron chi connectivity index (χ2n) is 6.11. The van der Waals surface area contributed by atoms with Gasteiger partial charge >= 0.3 is 0 Å². The number of hydrogen-bond acceptors (Lipinski definition) is 3. The Morgan fingerprint density at radius 1 is 0.962 bits per heavy atom. The number of rotatable bonds is 7. The molecule has 0 aliphatic heterocycles. The number of nitrogens with one attached hydrogen (secondary N) is 2. The lowest BCUT2D eigenvalue weighted by Crippen LogP contribution is -2.31. The fraction of sp³-hybridized carbons (Fsp3) is 0.250. The van der Waals surface area contributed by atoms with E-state index in [9.17, 15) is 9.59 Å². The largest absolute Gasteiger partial charge is 0.355 e. The Bertz CT molecular complexity index is 903. The van der Waals surface area contributed by atoms with Crippen LogP contribution in [0.4, 0.5) is 0 Å².